The van der Waals surface area contributed by atoms with Crippen molar-refractivity contribution in [3.63, 3.8) is 0 Å². The fraction of sp³-hybridized carbons (Fsp3) is 0.405. The Balaban J connectivity index is 1.93. The SMILES string of the molecule is CC(C)[C@H](NC(=O)[C@H](CC(N)=O)NC(=O)[C@@H](N)CS)C(=O)N[C@@H](Cc1c[nH]c2ccccc12)C(=O)N[C@@H](Cc1ccc(O)cc1)C(=O)NCC(=O)N[C@@H](CS)C(=O)O. The molecule has 3 rings (SSSR count). The lowest BCUT2D eigenvalue weighted by Gasteiger charge is -2.28. The van der Waals surface area contributed by atoms with E-state index in [1.165, 1.54) is 24.3 Å². The highest BCUT2D eigenvalue weighted by molar-refractivity contribution is 7.80. The number of fused-ring (bicyclic) bond motifs is 1. The molecule has 0 spiro atoms. The molecule has 0 aliphatic heterocycles. The van der Waals surface area contributed by atoms with E-state index >= 15 is 0 Å². The Kier molecular flexibility index (Phi) is 17.8. The molecule has 13 N–H and O–H groups in total. The minimum Gasteiger partial charge on any atom is -0.508 e. The van der Waals surface area contributed by atoms with Crippen molar-refractivity contribution in [2.24, 2.45) is 17.4 Å². The van der Waals surface area contributed by atoms with Crippen molar-refractivity contribution >= 4 is 83.5 Å². The van der Waals surface area contributed by atoms with Crippen LogP contribution in [0.1, 0.15) is 31.4 Å². The molecule has 58 heavy (non-hydrogen) atoms. The first-order valence-electron chi connectivity index (χ1n) is 18.0. The largest absolute Gasteiger partial charge is 0.508 e. The third kappa shape index (κ3) is 14.0. The Labute approximate surface area is 344 Å². The van der Waals surface area contributed by atoms with Gasteiger partial charge in [0.05, 0.1) is 19.0 Å². The van der Waals surface area contributed by atoms with E-state index in [-0.39, 0.29) is 30.1 Å². The molecule has 0 aliphatic rings. The molecule has 19 nitrogen and oxygen atoms in total. The molecule has 0 saturated heterocycles. The van der Waals surface area contributed by atoms with E-state index in [2.05, 4.69) is 62.1 Å². The fourth-order valence-corrected chi connectivity index (χ4v) is 6.04. The average molecular weight is 844 g/mol. The number of para-hydroxylation sites is 1. The molecule has 0 bridgehead atoms. The summed E-state index contributed by atoms with van der Waals surface area (Å²) in [6.45, 7) is 2.57. The summed E-state index contributed by atoms with van der Waals surface area (Å²) in [7, 11) is 0. The number of H-pyrrole nitrogens is 1. The maximum atomic E-state index is 14.2. The van der Waals surface area contributed by atoms with Crippen LogP contribution >= 0.6 is 25.3 Å². The molecule has 0 aliphatic carbocycles. The molecule has 6 atom stereocenters. The van der Waals surface area contributed by atoms with Gasteiger partial charge in [0.25, 0.3) is 0 Å². The number of hydrogen-bond donors (Lipinski definition) is 13. The third-order valence-corrected chi connectivity index (χ3v) is 9.56. The number of amides is 7. The number of benzene rings is 2. The van der Waals surface area contributed by atoms with Gasteiger partial charge in [-0.2, -0.15) is 25.3 Å². The van der Waals surface area contributed by atoms with Gasteiger partial charge in [-0.25, -0.2) is 4.79 Å². The number of aliphatic carboxylic acids is 1. The predicted molar refractivity (Wildman–Crippen MR) is 218 cm³/mol. The molecule has 0 radical (unpaired) electrons. The number of carbonyl (C=O) groups excluding carboxylic acids is 7. The number of phenols is 1. The number of aromatic hydroxyl groups is 1. The lowest BCUT2D eigenvalue weighted by molar-refractivity contribution is -0.141. The highest BCUT2D eigenvalue weighted by atomic mass is 32.1. The second-order valence-corrected chi connectivity index (χ2v) is 14.4. The zero-order chi connectivity index (χ0) is 43.1. The predicted octanol–water partition coefficient (Wildman–Crippen LogP) is -2.00. The maximum Gasteiger partial charge on any atom is 0.327 e. The first-order valence-corrected chi connectivity index (χ1v) is 19.3. The number of nitrogens with two attached hydrogens (primary N) is 2. The van der Waals surface area contributed by atoms with Gasteiger partial charge in [0, 0.05) is 41.4 Å². The van der Waals surface area contributed by atoms with Gasteiger partial charge in [-0.3, -0.25) is 33.6 Å². The van der Waals surface area contributed by atoms with Crippen molar-refractivity contribution in [3.05, 3.63) is 65.9 Å². The van der Waals surface area contributed by atoms with E-state index in [0.29, 0.717) is 11.1 Å². The number of phenolic OH excluding ortho intramolecular Hbond substituents is 1. The molecule has 3 aromatic rings. The van der Waals surface area contributed by atoms with Crippen LogP contribution in [0.25, 0.3) is 10.9 Å². The highest BCUT2D eigenvalue weighted by Crippen LogP contribution is 2.20. The van der Waals surface area contributed by atoms with Crippen LogP contribution in [0.2, 0.25) is 0 Å². The van der Waals surface area contributed by atoms with Crippen LogP contribution in [-0.2, 0) is 51.2 Å². The lowest BCUT2D eigenvalue weighted by atomic mass is 9.99. The first-order chi connectivity index (χ1) is 27.4. The number of aromatic nitrogens is 1. The molecule has 7 amide bonds. The van der Waals surface area contributed by atoms with E-state index in [1.54, 1.807) is 38.2 Å². The van der Waals surface area contributed by atoms with Gasteiger partial charge < -0.3 is 58.6 Å². The number of carboxylic acids is 1. The first kappa shape index (κ1) is 46.6. The van der Waals surface area contributed by atoms with Crippen molar-refractivity contribution < 1.29 is 48.6 Å². The Morgan fingerprint density at radius 3 is 1.93 bits per heavy atom. The average Bonchev–Trinajstić information content (AvgIpc) is 3.59. The minimum atomic E-state index is -1.50. The normalized spacial score (nSPS) is 14.2. The number of nitrogens with one attached hydrogen (secondary N) is 7. The van der Waals surface area contributed by atoms with Gasteiger partial charge in [0.2, 0.25) is 41.4 Å². The maximum absolute atomic E-state index is 14.2. The molecule has 2 aromatic carbocycles. The van der Waals surface area contributed by atoms with E-state index in [0.717, 1.165) is 10.9 Å². The van der Waals surface area contributed by atoms with Crippen molar-refractivity contribution in [3.8, 4) is 5.75 Å². The Morgan fingerprint density at radius 2 is 1.33 bits per heavy atom. The van der Waals surface area contributed by atoms with Crippen molar-refractivity contribution in [2.45, 2.75) is 69.4 Å². The van der Waals surface area contributed by atoms with Crippen LogP contribution in [-0.4, -0.2) is 117 Å². The van der Waals surface area contributed by atoms with Crippen LogP contribution in [0.15, 0.2) is 54.7 Å². The van der Waals surface area contributed by atoms with Gasteiger partial charge in [0.1, 0.15) is 36.0 Å². The van der Waals surface area contributed by atoms with E-state index in [9.17, 15) is 48.6 Å². The van der Waals surface area contributed by atoms with Crippen molar-refractivity contribution in [1.82, 2.24) is 36.9 Å². The molecule has 0 unspecified atom stereocenters. The van der Waals surface area contributed by atoms with Gasteiger partial charge in [0.15, 0.2) is 0 Å². The molecule has 314 valence electrons. The molecular formula is C37H49N9O10S2. The molecule has 1 aromatic heterocycles. The summed E-state index contributed by atoms with van der Waals surface area (Å²) in [5.41, 5.74) is 12.9. The van der Waals surface area contributed by atoms with Gasteiger partial charge >= 0.3 is 5.97 Å². The van der Waals surface area contributed by atoms with E-state index in [1.807, 2.05) is 6.07 Å². The van der Waals surface area contributed by atoms with Gasteiger partial charge in [-0.1, -0.05) is 44.2 Å². The monoisotopic (exact) mass is 843 g/mol. The van der Waals surface area contributed by atoms with Crippen LogP contribution in [0.5, 0.6) is 5.75 Å². The van der Waals surface area contributed by atoms with Crippen molar-refractivity contribution in [2.75, 3.05) is 18.1 Å². The number of thiol groups is 2. The number of carboxylic acid groups (broad SMARTS) is 1. The third-order valence-electron chi connectivity index (χ3n) is 8.80. The number of hydrogen-bond acceptors (Lipinski definition) is 12. The standard InChI is InChI=1S/C37H49N9O10S2/c1-18(2)31(46-35(53)27(13-29(39)48)43-32(50)23(38)16-57)36(54)45-26(12-20-14-40-24-6-4-3-5-22(20)24)34(52)44-25(11-19-7-9-21(47)10-8-19)33(51)41-15-30(49)42-28(17-58)37(55)56/h3-10,14,18,23,25-28,31,40,47,57-58H,11-13,15-17,38H2,1-2H3,(H2,39,48)(H,41,51)(H,42,49)(H,43,50)(H,44,52)(H,45,54)(H,46,53)(H,55,56)/t23-,25-,26-,27-,28-,31-/m0/s1. The number of carbonyl (C=O) groups is 8. The fourth-order valence-electron chi connectivity index (χ4n) is 5.62. The van der Waals surface area contributed by atoms with Crippen LogP contribution < -0.4 is 43.4 Å². The lowest BCUT2D eigenvalue weighted by Crippen LogP contribution is -2.61. The zero-order valence-corrected chi connectivity index (χ0v) is 33.5. The summed E-state index contributed by atoms with van der Waals surface area (Å²) in [4.78, 5) is 106. The van der Waals surface area contributed by atoms with Crippen LogP contribution in [0.3, 0.4) is 0 Å². The molecule has 1 heterocycles. The Morgan fingerprint density at radius 1 is 0.724 bits per heavy atom. The summed E-state index contributed by atoms with van der Waals surface area (Å²) in [6, 6.07) is 4.97. The van der Waals surface area contributed by atoms with Crippen molar-refractivity contribution in [1.29, 1.82) is 0 Å². The van der Waals surface area contributed by atoms with Gasteiger partial charge in [-0.15, -0.1) is 0 Å². The molecule has 21 heteroatoms. The summed E-state index contributed by atoms with van der Waals surface area (Å²) < 4.78 is 0. The van der Waals surface area contributed by atoms with E-state index < -0.39 is 102 Å². The summed E-state index contributed by atoms with van der Waals surface area (Å²) in [5.74, 6) is -8.24. The molecule has 0 saturated carbocycles. The summed E-state index contributed by atoms with van der Waals surface area (Å²) in [5, 5.41) is 34.6. The van der Waals surface area contributed by atoms with E-state index in [4.69, 9.17) is 11.5 Å². The second kappa shape index (κ2) is 22.2. The van der Waals surface area contributed by atoms with Crippen LogP contribution in [0.4, 0.5) is 0 Å². The molecule has 0 fully saturated rings. The second-order valence-electron chi connectivity index (χ2n) is 13.7. The smallest absolute Gasteiger partial charge is 0.327 e. The number of primary amides is 1. The summed E-state index contributed by atoms with van der Waals surface area (Å²) >= 11 is 7.88. The zero-order valence-electron chi connectivity index (χ0n) is 31.7. The number of rotatable bonds is 22. The van der Waals surface area contributed by atoms with Crippen LogP contribution in [0, 0.1) is 5.92 Å². The molecular weight excluding hydrogens is 795 g/mol. The quantitative estimate of drug-likeness (QED) is 0.0491. The number of aromatic amines is 1. The summed E-state index contributed by atoms with van der Waals surface area (Å²) in [6.07, 6.45) is 0.783. The Hall–Kier alpha value is -5.80. The topological polar surface area (TPSA) is 317 Å². The Bertz CT molecular complexity index is 1960. The minimum absolute atomic E-state index is 0.0551. The van der Waals surface area contributed by atoms with Gasteiger partial charge in [-0.05, 0) is 35.2 Å². The highest BCUT2D eigenvalue weighted by Gasteiger charge is 2.34.